The van der Waals surface area contributed by atoms with Gasteiger partial charge in [0.25, 0.3) is 0 Å². The maximum atomic E-state index is 4.46. The number of hydrogen-bond acceptors (Lipinski definition) is 4. The fourth-order valence-electron chi connectivity index (χ4n) is 2.40. The molecule has 0 saturated heterocycles. The standard InChI is InChI=1S/C16H12N4S/c1-2-7-15-12(4-1)5-3-6-13(15)10-20-18-16(17-19-20)14-8-9-21-11-14/h1-9,11H,10H2. The molecule has 2 heterocycles. The van der Waals surface area contributed by atoms with Gasteiger partial charge in [-0.2, -0.15) is 16.1 Å². The van der Waals surface area contributed by atoms with Crippen molar-refractivity contribution in [3.05, 3.63) is 64.9 Å². The molecule has 21 heavy (non-hydrogen) atoms. The van der Waals surface area contributed by atoms with Crippen LogP contribution in [0.4, 0.5) is 0 Å². The van der Waals surface area contributed by atoms with Crippen molar-refractivity contribution < 1.29 is 0 Å². The van der Waals surface area contributed by atoms with Gasteiger partial charge in [0.1, 0.15) is 0 Å². The lowest BCUT2D eigenvalue weighted by Gasteiger charge is -2.05. The summed E-state index contributed by atoms with van der Waals surface area (Å²) in [5, 5.41) is 19.2. The van der Waals surface area contributed by atoms with Crippen molar-refractivity contribution in [3.8, 4) is 11.4 Å². The first-order valence-electron chi connectivity index (χ1n) is 6.67. The van der Waals surface area contributed by atoms with Crippen LogP contribution in [0, 0.1) is 0 Å². The van der Waals surface area contributed by atoms with E-state index in [0.29, 0.717) is 12.4 Å². The smallest absolute Gasteiger partial charge is 0.159 e. The molecule has 0 aliphatic heterocycles. The SMILES string of the molecule is c1ccc2c(Cn3nnc(-c4ccsc4)n3)cccc2c1. The number of fused-ring (bicyclic) bond motifs is 1. The highest BCUT2D eigenvalue weighted by Crippen LogP contribution is 2.20. The number of nitrogens with zero attached hydrogens (tertiary/aromatic N) is 4. The zero-order valence-electron chi connectivity index (χ0n) is 11.2. The molecule has 0 unspecified atom stereocenters. The molecule has 0 bridgehead atoms. The number of thiophene rings is 1. The minimum atomic E-state index is 0.624. The fourth-order valence-corrected chi connectivity index (χ4v) is 3.03. The zero-order valence-corrected chi connectivity index (χ0v) is 12.0. The Balaban J connectivity index is 1.69. The van der Waals surface area contributed by atoms with Crippen LogP contribution in [0.1, 0.15) is 5.56 Å². The highest BCUT2D eigenvalue weighted by atomic mass is 32.1. The van der Waals surface area contributed by atoms with Gasteiger partial charge in [-0.3, -0.25) is 0 Å². The van der Waals surface area contributed by atoms with E-state index in [-0.39, 0.29) is 0 Å². The van der Waals surface area contributed by atoms with Crippen molar-refractivity contribution in [1.29, 1.82) is 0 Å². The largest absolute Gasteiger partial charge is 0.205 e. The maximum Gasteiger partial charge on any atom is 0.205 e. The lowest BCUT2D eigenvalue weighted by atomic mass is 10.1. The Hall–Kier alpha value is -2.53. The molecular formula is C16H12N4S. The van der Waals surface area contributed by atoms with Crippen LogP contribution in [0.5, 0.6) is 0 Å². The Labute approximate surface area is 125 Å². The molecule has 0 amide bonds. The summed E-state index contributed by atoms with van der Waals surface area (Å²) in [7, 11) is 0. The van der Waals surface area contributed by atoms with Crippen molar-refractivity contribution in [2.24, 2.45) is 0 Å². The topological polar surface area (TPSA) is 43.6 Å². The fraction of sp³-hybridized carbons (Fsp3) is 0.0625. The first kappa shape index (κ1) is 12.2. The lowest BCUT2D eigenvalue weighted by molar-refractivity contribution is 0.575. The van der Waals surface area contributed by atoms with Gasteiger partial charge in [0.15, 0.2) is 0 Å². The molecule has 0 atom stereocenters. The second kappa shape index (κ2) is 5.10. The average Bonchev–Trinajstić information content (AvgIpc) is 3.18. The molecule has 4 rings (SSSR count). The minimum absolute atomic E-state index is 0.624. The van der Waals surface area contributed by atoms with E-state index >= 15 is 0 Å². The van der Waals surface area contributed by atoms with Crippen molar-refractivity contribution in [2.75, 3.05) is 0 Å². The number of tetrazole rings is 1. The molecule has 5 heteroatoms. The molecule has 2 aromatic heterocycles. The molecule has 102 valence electrons. The van der Waals surface area contributed by atoms with E-state index in [1.165, 1.54) is 16.3 Å². The van der Waals surface area contributed by atoms with Gasteiger partial charge in [0, 0.05) is 10.9 Å². The molecule has 2 aromatic carbocycles. The van der Waals surface area contributed by atoms with Crippen LogP contribution >= 0.6 is 11.3 Å². The summed E-state index contributed by atoms with van der Waals surface area (Å²) < 4.78 is 0. The quantitative estimate of drug-likeness (QED) is 0.579. The Kier molecular flexibility index (Phi) is 2.97. The lowest BCUT2D eigenvalue weighted by Crippen LogP contribution is -2.04. The van der Waals surface area contributed by atoms with E-state index in [1.54, 1.807) is 16.1 Å². The molecule has 0 spiro atoms. The Bertz CT molecular complexity index is 875. The monoisotopic (exact) mass is 292 g/mol. The Morgan fingerprint density at radius 2 is 1.90 bits per heavy atom. The normalized spacial score (nSPS) is 11.0. The van der Waals surface area contributed by atoms with E-state index in [1.807, 2.05) is 16.8 Å². The third-order valence-corrected chi connectivity index (χ3v) is 4.11. The first-order chi connectivity index (χ1) is 10.4. The highest BCUT2D eigenvalue weighted by Gasteiger charge is 2.08. The van der Waals surface area contributed by atoms with Crippen LogP contribution in [-0.4, -0.2) is 20.2 Å². The molecular weight excluding hydrogens is 280 g/mol. The van der Waals surface area contributed by atoms with Gasteiger partial charge in [0.2, 0.25) is 5.82 Å². The van der Waals surface area contributed by atoms with Crippen LogP contribution in [0.25, 0.3) is 22.2 Å². The van der Waals surface area contributed by atoms with E-state index in [4.69, 9.17) is 0 Å². The van der Waals surface area contributed by atoms with Crippen molar-refractivity contribution in [3.63, 3.8) is 0 Å². The van der Waals surface area contributed by atoms with E-state index < -0.39 is 0 Å². The van der Waals surface area contributed by atoms with Gasteiger partial charge in [-0.15, -0.1) is 10.2 Å². The molecule has 0 saturated carbocycles. The van der Waals surface area contributed by atoms with Crippen molar-refractivity contribution in [2.45, 2.75) is 6.54 Å². The summed E-state index contributed by atoms with van der Waals surface area (Å²) in [6.45, 7) is 0.624. The molecule has 4 nitrogen and oxygen atoms in total. The van der Waals surface area contributed by atoms with Crippen LogP contribution in [0.2, 0.25) is 0 Å². The number of benzene rings is 2. The average molecular weight is 292 g/mol. The van der Waals surface area contributed by atoms with Gasteiger partial charge in [-0.05, 0) is 33.0 Å². The van der Waals surface area contributed by atoms with Gasteiger partial charge in [-0.1, -0.05) is 42.5 Å². The van der Waals surface area contributed by atoms with Gasteiger partial charge < -0.3 is 0 Å². The Morgan fingerprint density at radius 1 is 1.00 bits per heavy atom. The molecule has 0 radical (unpaired) electrons. The van der Waals surface area contributed by atoms with E-state index in [0.717, 1.165) is 5.56 Å². The number of rotatable bonds is 3. The summed E-state index contributed by atoms with van der Waals surface area (Å²) in [6.07, 6.45) is 0. The minimum Gasteiger partial charge on any atom is -0.159 e. The summed E-state index contributed by atoms with van der Waals surface area (Å²) >= 11 is 1.63. The molecule has 0 N–H and O–H groups in total. The molecule has 0 aliphatic rings. The summed E-state index contributed by atoms with van der Waals surface area (Å²) in [4.78, 5) is 1.65. The third kappa shape index (κ3) is 2.32. The highest BCUT2D eigenvalue weighted by molar-refractivity contribution is 7.08. The molecule has 0 fully saturated rings. The Morgan fingerprint density at radius 3 is 2.81 bits per heavy atom. The second-order valence-electron chi connectivity index (χ2n) is 4.79. The van der Waals surface area contributed by atoms with Gasteiger partial charge >= 0.3 is 0 Å². The van der Waals surface area contributed by atoms with E-state index in [2.05, 4.69) is 57.9 Å². The predicted octanol–water partition coefficient (Wildman–Crippen LogP) is 3.60. The summed E-state index contributed by atoms with van der Waals surface area (Å²) in [6, 6.07) is 16.6. The number of aromatic nitrogens is 4. The van der Waals surface area contributed by atoms with Crippen LogP contribution in [0.15, 0.2) is 59.3 Å². The van der Waals surface area contributed by atoms with Crippen molar-refractivity contribution >= 4 is 22.1 Å². The summed E-state index contributed by atoms with van der Waals surface area (Å²) in [5.74, 6) is 0.677. The summed E-state index contributed by atoms with van der Waals surface area (Å²) in [5.41, 5.74) is 2.21. The van der Waals surface area contributed by atoms with Crippen LogP contribution < -0.4 is 0 Å². The van der Waals surface area contributed by atoms with Gasteiger partial charge in [0.05, 0.1) is 6.54 Å². The molecule has 0 aliphatic carbocycles. The maximum absolute atomic E-state index is 4.46. The predicted molar refractivity (Wildman–Crippen MR) is 84.2 cm³/mol. The first-order valence-corrected chi connectivity index (χ1v) is 7.61. The number of hydrogen-bond donors (Lipinski definition) is 0. The zero-order chi connectivity index (χ0) is 14.1. The van der Waals surface area contributed by atoms with Gasteiger partial charge in [-0.25, -0.2) is 0 Å². The van der Waals surface area contributed by atoms with Crippen LogP contribution in [0.3, 0.4) is 0 Å². The molecule has 4 aromatic rings. The van der Waals surface area contributed by atoms with Crippen LogP contribution in [-0.2, 0) is 6.54 Å². The van der Waals surface area contributed by atoms with Crippen molar-refractivity contribution in [1.82, 2.24) is 20.2 Å². The van der Waals surface area contributed by atoms with E-state index in [9.17, 15) is 0 Å². The third-order valence-electron chi connectivity index (χ3n) is 3.42. The second-order valence-corrected chi connectivity index (χ2v) is 5.57.